The molecule has 2 amide bonds. The first-order chi connectivity index (χ1) is 13.5. The average Bonchev–Trinajstić information content (AvgIpc) is 2.68. The normalized spacial score (nSPS) is 10.7. The first kappa shape index (κ1) is 19.5. The van der Waals surface area contributed by atoms with Gasteiger partial charge in [0.05, 0.1) is 12.6 Å². The van der Waals surface area contributed by atoms with Gasteiger partial charge in [0, 0.05) is 30.2 Å². The van der Waals surface area contributed by atoms with Crippen LogP contribution in [0.15, 0.2) is 53.3 Å². The maximum atomic E-state index is 12.9. The zero-order chi connectivity index (χ0) is 20.1. The van der Waals surface area contributed by atoms with Gasteiger partial charge in [0.1, 0.15) is 5.75 Å². The van der Waals surface area contributed by atoms with Crippen molar-refractivity contribution in [2.75, 3.05) is 19.0 Å². The van der Waals surface area contributed by atoms with E-state index in [-0.39, 0.29) is 11.6 Å². The number of methoxy groups -OCH3 is 1. The number of anilines is 1. The Labute approximate surface area is 164 Å². The van der Waals surface area contributed by atoms with Crippen molar-refractivity contribution in [1.82, 2.24) is 9.88 Å². The van der Waals surface area contributed by atoms with Gasteiger partial charge < -0.3 is 19.9 Å². The summed E-state index contributed by atoms with van der Waals surface area (Å²) in [6.07, 6.45) is 0.811. The Bertz CT molecular complexity index is 1040. The number of para-hydroxylation sites is 2. The molecule has 28 heavy (non-hydrogen) atoms. The summed E-state index contributed by atoms with van der Waals surface area (Å²) in [6, 6.07) is 14.6. The van der Waals surface area contributed by atoms with Crippen molar-refractivity contribution in [3.8, 4) is 5.75 Å². The van der Waals surface area contributed by atoms with Gasteiger partial charge in [-0.1, -0.05) is 37.3 Å². The maximum Gasteiger partial charge on any atom is 0.322 e. The number of aromatic amines is 1. The van der Waals surface area contributed by atoms with Gasteiger partial charge in [0.25, 0.3) is 0 Å². The maximum absolute atomic E-state index is 12.9. The number of fused-ring (bicyclic) bond motifs is 1. The third kappa shape index (κ3) is 4.17. The Balaban J connectivity index is 1.93. The topological polar surface area (TPSA) is 74.4 Å². The number of ether oxygens (including phenoxy) is 1. The van der Waals surface area contributed by atoms with Crippen molar-refractivity contribution < 1.29 is 9.53 Å². The van der Waals surface area contributed by atoms with E-state index in [9.17, 15) is 9.59 Å². The molecule has 0 atom stereocenters. The SMILES string of the molecule is CCCN(Cc1cc(=O)[nH]c2c(OC)cccc12)C(=O)Nc1ccccc1C. The van der Waals surface area contributed by atoms with Crippen molar-refractivity contribution in [2.24, 2.45) is 0 Å². The largest absolute Gasteiger partial charge is 0.495 e. The van der Waals surface area contributed by atoms with Gasteiger partial charge in [-0.05, 0) is 36.6 Å². The van der Waals surface area contributed by atoms with Crippen LogP contribution in [0, 0.1) is 6.92 Å². The summed E-state index contributed by atoms with van der Waals surface area (Å²) in [5.41, 5.74) is 2.99. The Kier molecular flexibility index (Phi) is 5.99. The average molecular weight is 379 g/mol. The summed E-state index contributed by atoms with van der Waals surface area (Å²) in [5.74, 6) is 0.600. The second kappa shape index (κ2) is 8.61. The molecule has 0 saturated heterocycles. The molecular weight excluding hydrogens is 354 g/mol. The molecule has 2 aromatic carbocycles. The van der Waals surface area contributed by atoms with Crippen LogP contribution >= 0.6 is 0 Å². The number of aromatic nitrogens is 1. The number of benzene rings is 2. The number of hydrogen-bond donors (Lipinski definition) is 2. The lowest BCUT2D eigenvalue weighted by atomic mass is 10.1. The highest BCUT2D eigenvalue weighted by molar-refractivity contribution is 5.91. The minimum Gasteiger partial charge on any atom is -0.495 e. The van der Waals surface area contributed by atoms with Crippen molar-refractivity contribution in [3.05, 3.63) is 70.0 Å². The molecule has 146 valence electrons. The number of H-pyrrole nitrogens is 1. The van der Waals surface area contributed by atoms with Gasteiger partial charge in [-0.25, -0.2) is 4.79 Å². The van der Waals surface area contributed by atoms with E-state index in [0.717, 1.165) is 28.6 Å². The molecule has 2 N–H and O–H groups in total. The lowest BCUT2D eigenvalue weighted by Gasteiger charge is -2.24. The highest BCUT2D eigenvalue weighted by Gasteiger charge is 2.17. The zero-order valence-electron chi connectivity index (χ0n) is 16.4. The van der Waals surface area contributed by atoms with E-state index >= 15 is 0 Å². The van der Waals surface area contributed by atoms with E-state index in [2.05, 4.69) is 10.3 Å². The fraction of sp³-hybridized carbons (Fsp3) is 0.273. The van der Waals surface area contributed by atoms with Crippen LogP contribution in [0.3, 0.4) is 0 Å². The third-order valence-corrected chi connectivity index (χ3v) is 4.67. The lowest BCUT2D eigenvalue weighted by Crippen LogP contribution is -2.35. The van der Waals surface area contributed by atoms with E-state index in [4.69, 9.17) is 4.74 Å². The van der Waals surface area contributed by atoms with Gasteiger partial charge in [-0.3, -0.25) is 4.79 Å². The highest BCUT2D eigenvalue weighted by atomic mass is 16.5. The molecule has 0 aliphatic carbocycles. The molecule has 0 bridgehead atoms. The summed E-state index contributed by atoms with van der Waals surface area (Å²) in [6.45, 7) is 4.89. The van der Waals surface area contributed by atoms with E-state index in [0.29, 0.717) is 24.4 Å². The molecule has 6 heteroatoms. The molecule has 0 radical (unpaired) electrons. The molecule has 0 aliphatic rings. The molecule has 0 aliphatic heterocycles. The predicted octanol–water partition coefficient (Wildman–Crippen LogP) is 4.29. The highest BCUT2D eigenvalue weighted by Crippen LogP contribution is 2.25. The van der Waals surface area contributed by atoms with Crippen LogP contribution in [-0.2, 0) is 6.54 Å². The fourth-order valence-corrected chi connectivity index (χ4v) is 3.26. The van der Waals surface area contributed by atoms with Crippen molar-refractivity contribution in [3.63, 3.8) is 0 Å². The molecule has 6 nitrogen and oxygen atoms in total. The van der Waals surface area contributed by atoms with Gasteiger partial charge >= 0.3 is 6.03 Å². The number of pyridine rings is 1. The molecule has 0 unspecified atom stereocenters. The summed E-state index contributed by atoms with van der Waals surface area (Å²) in [4.78, 5) is 29.6. The minimum atomic E-state index is -0.220. The molecule has 0 saturated carbocycles. The molecular formula is C22H25N3O3. The first-order valence-corrected chi connectivity index (χ1v) is 9.34. The Hall–Kier alpha value is -3.28. The number of carbonyl (C=O) groups is 1. The smallest absolute Gasteiger partial charge is 0.322 e. The van der Waals surface area contributed by atoms with Gasteiger partial charge in [-0.2, -0.15) is 0 Å². The number of hydrogen-bond acceptors (Lipinski definition) is 3. The Morgan fingerprint density at radius 1 is 1.18 bits per heavy atom. The van der Waals surface area contributed by atoms with Gasteiger partial charge in [0.15, 0.2) is 0 Å². The van der Waals surface area contributed by atoms with Crippen molar-refractivity contribution in [1.29, 1.82) is 0 Å². The predicted molar refractivity (Wildman–Crippen MR) is 112 cm³/mol. The van der Waals surface area contributed by atoms with Crippen LogP contribution in [-0.4, -0.2) is 29.6 Å². The van der Waals surface area contributed by atoms with Crippen LogP contribution < -0.4 is 15.6 Å². The second-order valence-electron chi connectivity index (χ2n) is 6.71. The van der Waals surface area contributed by atoms with Crippen LogP contribution in [0.4, 0.5) is 10.5 Å². The molecule has 1 aromatic heterocycles. The quantitative estimate of drug-likeness (QED) is 0.671. The van der Waals surface area contributed by atoms with E-state index < -0.39 is 0 Å². The molecule has 3 rings (SSSR count). The molecule has 0 fully saturated rings. The van der Waals surface area contributed by atoms with Crippen LogP contribution in [0.1, 0.15) is 24.5 Å². The van der Waals surface area contributed by atoms with Crippen LogP contribution in [0.2, 0.25) is 0 Å². The van der Waals surface area contributed by atoms with Crippen LogP contribution in [0.5, 0.6) is 5.75 Å². The number of rotatable bonds is 6. The summed E-state index contributed by atoms with van der Waals surface area (Å²) >= 11 is 0. The molecule has 3 aromatic rings. The van der Waals surface area contributed by atoms with Gasteiger partial charge in [0.2, 0.25) is 5.56 Å². The molecule has 0 spiro atoms. The number of urea groups is 1. The summed E-state index contributed by atoms with van der Waals surface area (Å²) < 4.78 is 5.37. The number of amides is 2. The minimum absolute atomic E-state index is 0.188. The van der Waals surface area contributed by atoms with Crippen LogP contribution in [0.25, 0.3) is 10.9 Å². The number of aryl methyl sites for hydroxylation is 1. The first-order valence-electron chi connectivity index (χ1n) is 9.34. The monoisotopic (exact) mass is 379 g/mol. The molecule has 1 heterocycles. The third-order valence-electron chi connectivity index (χ3n) is 4.67. The number of nitrogens with one attached hydrogen (secondary N) is 2. The fourth-order valence-electron chi connectivity index (χ4n) is 3.26. The number of nitrogens with zero attached hydrogens (tertiary/aromatic N) is 1. The van der Waals surface area contributed by atoms with Crippen molar-refractivity contribution >= 4 is 22.6 Å². The second-order valence-corrected chi connectivity index (χ2v) is 6.71. The Morgan fingerprint density at radius 3 is 2.68 bits per heavy atom. The van der Waals surface area contributed by atoms with E-state index in [1.165, 1.54) is 0 Å². The standard InChI is InChI=1S/C22H25N3O3/c1-4-12-25(22(27)23-18-10-6-5-8-15(18)2)14-16-13-20(26)24-21-17(16)9-7-11-19(21)28-3/h5-11,13H,4,12,14H2,1-3H3,(H,23,27)(H,24,26). The van der Waals surface area contributed by atoms with E-state index in [1.807, 2.05) is 50.2 Å². The van der Waals surface area contributed by atoms with E-state index in [1.54, 1.807) is 24.1 Å². The number of carbonyl (C=O) groups excluding carboxylic acids is 1. The van der Waals surface area contributed by atoms with Crippen molar-refractivity contribution in [2.45, 2.75) is 26.8 Å². The summed E-state index contributed by atoms with van der Waals surface area (Å²) in [5, 5.41) is 3.84. The Morgan fingerprint density at radius 2 is 1.96 bits per heavy atom. The van der Waals surface area contributed by atoms with Gasteiger partial charge in [-0.15, -0.1) is 0 Å². The lowest BCUT2D eigenvalue weighted by molar-refractivity contribution is 0.209. The summed E-state index contributed by atoms with van der Waals surface area (Å²) in [7, 11) is 1.57. The zero-order valence-corrected chi connectivity index (χ0v) is 16.4.